The van der Waals surface area contributed by atoms with Crippen molar-refractivity contribution in [1.82, 2.24) is 10.3 Å². The number of aromatic nitrogens is 1. The maximum atomic E-state index is 3.48. The van der Waals surface area contributed by atoms with E-state index in [1.807, 2.05) is 7.05 Å². The third-order valence-corrected chi connectivity index (χ3v) is 3.01. The summed E-state index contributed by atoms with van der Waals surface area (Å²) in [6.45, 7) is 1.07. The van der Waals surface area contributed by atoms with Crippen molar-refractivity contribution < 1.29 is 0 Å². The Balaban J connectivity index is 2.16. The molecule has 2 aromatic rings. The van der Waals surface area contributed by atoms with Crippen LogP contribution in [0.25, 0.3) is 10.9 Å². The van der Waals surface area contributed by atoms with E-state index in [9.17, 15) is 0 Å². The standard InChI is InChI=1S/C12H15BrN2/c1-14-6-2-3-11-7-9-4-5-10(13)8-12(9)15-11/h4-5,7-8,14-15H,2-3,6H2,1H3. The van der Waals surface area contributed by atoms with E-state index in [4.69, 9.17) is 0 Å². The van der Waals surface area contributed by atoms with E-state index in [0.717, 1.165) is 17.4 Å². The number of rotatable bonds is 4. The smallest absolute Gasteiger partial charge is 0.0467 e. The van der Waals surface area contributed by atoms with Gasteiger partial charge in [0.2, 0.25) is 0 Å². The molecule has 2 N–H and O–H groups in total. The molecule has 1 aromatic heterocycles. The summed E-state index contributed by atoms with van der Waals surface area (Å²) < 4.78 is 1.12. The first kappa shape index (κ1) is 10.7. The zero-order valence-corrected chi connectivity index (χ0v) is 10.4. The van der Waals surface area contributed by atoms with Gasteiger partial charge in [-0.25, -0.2) is 0 Å². The molecule has 80 valence electrons. The number of hydrogen-bond acceptors (Lipinski definition) is 1. The first-order valence-electron chi connectivity index (χ1n) is 5.21. The summed E-state index contributed by atoms with van der Waals surface area (Å²) in [4.78, 5) is 3.44. The Morgan fingerprint density at radius 1 is 1.33 bits per heavy atom. The Hall–Kier alpha value is -0.800. The highest BCUT2D eigenvalue weighted by Crippen LogP contribution is 2.20. The second-order valence-corrected chi connectivity index (χ2v) is 4.65. The maximum Gasteiger partial charge on any atom is 0.0467 e. The Morgan fingerprint density at radius 3 is 3.00 bits per heavy atom. The minimum Gasteiger partial charge on any atom is -0.358 e. The van der Waals surface area contributed by atoms with Crippen molar-refractivity contribution in [2.75, 3.05) is 13.6 Å². The molecule has 0 radical (unpaired) electrons. The number of halogens is 1. The van der Waals surface area contributed by atoms with E-state index < -0.39 is 0 Å². The summed E-state index contributed by atoms with van der Waals surface area (Å²) >= 11 is 3.48. The fourth-order valence-electron chi connectivity index (χ4n) is 1.75. The van der Waals surface area contributed by atoms with Crippen LogP contribution in [0.3, 0.4) is 0 Å². The SMILES string of the molecule is CNCCCc1cc2ccc(Br)cc2[nH]1. The van der Waals surface area contributed by atoms with Gasteiger partial charge in [0.25, 0.3) is 0 Å². The number of hydrogen-bond donors (Lipinski definition) is 2. The van der Waals surface area contributed by atoms with E-state index in [1.54, 1.807) is 0 Å². The van der Waals surface area contributed by atoms with Gasteiger partial charge in [-0.15, -0.1) is 0 Å². The molecule has 1 aromatic carbocycles. The summed E-state index contributed by atoms with van der Waals surface area (Å²) in [7, 11) is 1.99. The second kappa shape index (κ2) is 4.81. The fourth-order valence-corrected chi connectivity index (χ4v) is 2.11. The van der Waals surface area contributed by atoms with Gasteiger partial charge in [0.1, 0.15) is 0 Å². The van der Waals surface area contributed by atoms with Crippen LogP contribution < -0.4 is 5.32 Å². The Morgan fingerprint density at radius 2 is 2.20 bits per heavy atom. The van der Waals surface area contributed by atoms with Crippen LogP contribution in [0, 0.1) is 0 Å². The molecule has 15 heavy (non-hydrogen) atoms. The highest BCUT2D eigenvalue weighted by molar-refractivity contribution is 9.10. The van der Waals surface area contributed by atoms with E-state index in [0.29, 0.717) is 0 Å². The van der Waals surface area contributed by atoms with Crippen LogP contribution in [-0.4, -0.2) is 18.6 Å². The Bertz CT molecular complexity index is 448. The largest absolute Gasteiger partial charge is 0.358 e. The Labute approximate surface area is 98.2 Å². The van der Waals surface area contributed by atoms with Crippen molar-refractivity contribution in [2.24, 2.45) is 0 Å². The molecular weight excluding hydrogens is 252 g/mol. The lowest BCUT2D eigenvalue weighted by atomic mass is 10.2. The molecule has 0 aliphatic carbocycles. The van der Waals surface area contributed by atoms with Crippen LogP contribution in [0.1, 0.15) is 12.1 Å². The summed E-state index contributed by atoms with van der Waals surface area (Å²) in [6, 6.07) is 8.57. The predicted molar refractivity (Wildman–Crippen MR) is 68.2 cm³/mol. The molecule has 0 atom stereocenters. The predicted octanol–water partition coefficient (Wildman–Crippen LogP) is 3.08. The third kappa shape index (κ3) is 2.61. The number of aryl methyl sites for hydroxylation is 1. The second-order valence-electron chi connectivity index (χ2n) is 3.73. The van der Waals surface area contributed by atoms with Crippen LogP contribution in [0.5, 0.6) is 0 Å². The van der Waals surface area contributed by atoms with E-state index in [-0.39, 0.29) is 0 Å². The van der Waals surface area contributed by atoms with E-state index in [1.165, 1.54) is 23.0 Å². The summed E-state index contributed by atoms with van der Waals surface area (Å²) in [5, 5.41) is 4.45. The monoisotopic (exact) mass is 266 g/mol. The molecule has 2 nitrogen and oxygen atoms in total. The molecule has 0 unspecified atom stereocenters. The number of nitrogens with one attached hydrogen (secondary N) is 2. The van der Waals surface area contributed by atoms with Gasteiger partial charge in [0, 0.05) is 15.7 Å². The molecule has 3 heteroatoms. The molecule has 2 rings (SSSR count). The van der Waals surface area contributed by atoms with E-state index in [2.05, 4.69) is 50.5 Å². The average Bonchev–Trinajstić information content (AvgIpc) is 2.60. The van der Waals surface area contributed by atoms with Crippen LogP contribution >= 0.6 is 15.9 Å². The molecular formula is C12H15BrN2. The van der Waals surface area contributed by atoms with Crippen molar-refractivity contribution >= 4 is 26.8 Å². The normalized spacial score (nSPS) is 11.1. The topological polar surface area (TPSA) is 27.8 Å². The molecule has 1 heterocycles. The number of H-pyrrole nitrogens is 1. The lowest BCUT2D eigenvalue weighted by Gasteiger charge is -1.96. The average molecular weight is 267 g/mol. The van der Waals surface area contributed by atoms with Gasteiger partial charge < -0.3 is 10.3 Å². The van der Waals surface area contributed by atoms with Crippen LogP contribution in [-0.2, 0) is 6.42 Å². The van der Waals surface area contributed by atoms with Gasteiger partial charge in [0.15, 0.2) is 0 Å². The summed E-state index contributed by atoms with van der Waals surface area (Å²) in [6.07, 6.45) is 2.28. The van der Waals surface area contributed by atoms with Gasteiger partial charge >= 0.3 is 0 Å². The number of aromatic amines is 1. The van der Waals surface area contributed by atoms with Crippen molar-refractivity contribution in [3.8, 4) is 0 Å². The lowest BCUT2D eigenvalue weighted by Crippen LogP contribution is -2.08. The molecule has 0 saturated heterocycles. The first-order valence-corrected chi connectivity index (χ1v) is 6.00. The molecule has 0 saturated carbocycles. The molecule has 0 spiro atoms. The molecule has 0 fully saturated rings. The van der Waals surface area contributed by atoms with Gasteiger partial charge in [-0.1, -0.05) is 22.0 Å². The minimum atomic E-state index is 1.07. The quantitative estimate of drug-likeness (QED) is 0.818. The number of fused-ring (bicyclic) bond motifs is 1. The van der Waals surface area contributed by atoms with Crippen LogP contribution in [0.4, 0.5) is 0 Å². The van der Waals surface area contributed by atoms with Gasteiger partial charge in [-0.05, 0) is 50.0 Å². The third-order valence-electron chi connectivity index (χ3n) is 2.51. The highest BCUT2D eigenvalue weighted by Gasteiger charge is 2.00. The van der Waals surface area contributed by atoms with Crippen molar-refractivity contribution in [3.63, 3.8) is 0 Å². The zero-order chi connectivity index (χ0) is 10.7. The molecule has 0 bridgehead atoms. The van der Waals surface area contributed by atoms with Gasteiger partial charge in [0.05, 0.1) is 0 Å². The molecule has 0 aliphatic heterocycles. The lowest BCUT2D eigenvalue weighted by molar-refractivity contribution is 0.718. The number of benzene rings is 1. The van der Waals surface area contributed by atoms with Gasteiger partial charge in [-0.3, -0.25) is 0 Å². The van der Waals surface area contributed by atoms with E-state index >= 15 is 0 Å². The van der Waals surface area contributed by atoms with Crippen LogP contribution in [0.2, 0.25) is 0 Å². The fraction of sp³-hybridized carbons (Fsp3) is 0.333. The molecule has 0 amide bonds. The first-order chi connectivity index (χ1) is 7.29. The van der Waals surface area contributed by atoms with Gasteiger partial charge in [-0.2, -0.15) is 0 Å². The highest BCUT2D eigenvalue weighted by atomic mass is 79.9. The van der Waals surface area contributed by atoms with Crippen molar-refractivity contribution in [1.29, 1.82) is 0 Å². The Kier molecular flexibility index (Phi) is 3.44. The zero-order valence-electron chi connectivity index (χ0n) is 8.81. The van der Waals surface area contributed by atoms with Crippen molar-refractivity contribution in [2.45, 2.75) is 12.8 Å². The summed E-state index contributed by atoms with van der Waals surface area (Å²) in [5.41, 5.74) is 2.53. The minimum absolute atomic E-state index is 1.07. The molecule has 0 aliphatic rings. The summed E-state index contributed by atoms with van der Waals surface area (Å²) in [5.74, 6) is 0. The van der Waals surface area contributed by atoms with Crippen molar-refractivity contribution in [3.05, 3.63) is 34.4 Å². The maximum absolute atomic E-state index is 3.48. The van der Waals surface area contributed by atoms with Crippen LogP contribution in [0.15, 0.2) is 28.7 Å².